The van der Waals surface area contributed by atoms with Crippen molar-refractivity contribution in [3.05, 3.63) is 100 Å². The van der Waals surface area contributed by atoms with Gasteiger partial charge in [-0.2, -0.15) is 0 Å². The van der Waals surface area contributed by atoms with E-state index in [1.807, 2.05) is 24.3 Å². The fourth-order valence-corrected chi connectivity index (χ4v) is 5.98. The number of benzene rings is 3. The molecular formula is C27H27ClFNO2. The zero-order valence-corrected chi connectivity index (χ0v) is 18.8. The molecule has 2 heterocycles. The predicted octanol–water partition coefficient (Wildman–Crippen LogP) is 5.76. The molecule has 3 nitrogen and oxygen atoms in total. The standard InChI is InChI=1S/C27H27ClFNO2/c1-32-21-10-7-18(8-11-21)26-24-14-20(31)15-25(30(24)16-17-5-3-2-4-6-17)27(26)19-9-12-23(29)22(28)13-19/h2-13,20,24-27,31H,14-16H2,1H3/t20-,24-,25+,26-,27+/m0/s1. The van der Waals surface area contributed by atoms with E-state index in [9.17, 15) is 9.50 Å². The van der Waals surface area contributed by atoms with Crippen molar-refractivity contribution in [2.75, 3.05) is 7.11 Å². The SMILES string of the molecule is COc1ccc([C@@H]2[C@H](c3ccc(F)c(Cl)c3)[C@H]3C[C@@H](O)C[C@@H]2N3Cc2ccccc2)cc1. The number of methoxy groups -OCH3 is 1. The van der Waals surface area contributed by atoms with Crippen LogP contribution in [0.5, 0.6) is 5.75 Å². The highest BCUT2D eigenvalue weighted by atomic mass is 35.5. The second-order valence-electron chi connectivity index (χ2n) is 8.92. The van der Waals surface area contributed by atoms with Crippen molar-refractivity contribution < 1.29 is 14.2 Å². The third-order valence-corrected chi connectivity index (χ3v) is 7.42. The maximum absolute atomic E-state index is 14.0. The largest absolute Gasteiger partial charge is 0.497 e. The number of piperidine rings is 1. The number of hydrogen-bond acceptors (Lipinski definition) is 3. The van der Waals surface area contributed by atoms with E-state index in [2.05, 4.69) is 41.3 Å². The molecule has 2 bridgehead atoms. The number of halogens is 2. The average Bonchev–Trinajstić information content (AvgIpc) is 2.98. The first kappa shape index (κ1) is 21.4. The highest BCUT2D eigenvalue weighted by molar-refractivity contribution is 6.30. The molecule has 32 heavy (non-hydrogen) atoms. The van der Waals surface area contributed by atoms with Crippen molar-refractivity contribution in [3.8, 4) is 5.75 Å². The van der Waals surface area contributed by atoms with Crippen molar-refractivity contribution in [2.24, 2.45) is 0 Å². The summed E-state index contributed by atoms with van der Waals surface area (Å²) in [5.41, 5.74) is 3.48. The molecule has 3 aromatic rings. The molecule has 2 fully saturated rings. The molecule has 0 unspecified atom stereocenters. The highest BCUT2D eigenvalue weighted by Crippen LogP contribution is 2.54. The molecule has 0 aromatic heterocycles. The van der Waals surface area contributed by atoms with Gasteiger partial charge in [-0.05, 0) is 53.8 Å². The molecule has 5 rings (SSSR count). The monoisotopic (exact) mass is 451 g/mol. The van der Waals surface area contributed by atoms with Gasteiger partial charge in [-0.3, -0.25) is 4.90 Å². The van der Waals surface area contributed by atoms with Crippen LogP contribution in [0, 0.1) is 5.82 Å². The summed E-state index contributed by atoms with van der Waals surface area (Å²) in [4.78, 5) is 2.54. The Morgan fingerprint density at radius 2 is 1.56 bits per heavy atom. The maximum Gasteiger partial charge on any atom is 0.141 e. The van der Waals surface area contributed by atoms with Crippen LogP contribution in [-0.4, -0.2) is 35.3 Å². The van der Waals surface area contributed by atoms with E-state index in [1.165, 1.54) is 17.2 Å². The lowest BCUT2D eigenvalue weighted by Crippen LogP contribution is -2.45. The number of rotatable bonds is 5. The van der Waals surface area contributed by atoms with Crippen molar-refractivity contribution in [3.63, 3.8) is 0 Å². The summed E-state index contributed by atoms with van der Waals surface area (Å²) in [6, 6.07) is 24.1. The Hall–Kier alpha value is -2.40. The van der Waals surface area contributed by atoms with Crippen LogP contribution in [0.1, 0.15) is 41.4 Å². The van der Waals surface area contributed by atoms with Crippen molar-refractivity contribution >= 4 is 11.6 Å². The van der Waals surface area contributed by atoms with E-state index in [1.54, 1.807) is 13.2 Å². The van der Waals surface area contributed by atoms with Crippen LogP contribution < -0.4 is 4.74 Å². The molecule has 0 amide bonds. The molecule has 0 saturated carbocycles. The number of fused-ring (bicyclic) bond motifs is 2. The van der Waals surface area contributed by atoms with Gasteiger partial charge >= 0.3 is 0 Å². The number of hydrogen-bond donors (Lipinski definition) is 1. The predicted molar refractivity (Wildman–Crippen MR) is 125 cm³/mol. The number of nitrogens with zero attached hydrogens (tertiary/aromatic N) is 1. The molecule has 3 aromatic carbocycles. The smallest absolute Gasteiger partial charge is 0.141 e. The molecule has 5 atom stereocenters. The van der Waals surface area contributed by atoms with Crippen molar-refractivity contribution in [1.82, 2.24) is 4.90 Å². The quantitative estimate of drug-likeness (QED) is 0.535. The normalized spacial score (nSPS) is 27.4. The Bertz CT molecular complexity index is 1070. The number of ether oxygens (including phenoxy) is 1. The fraction of sp³-hybridized carbons (Fsp3) is 0.333. The van der Waals surface area contributed by atoms with Gasteiger partial charge in [0.1, 0.15) is 11.6 Å². The maximum atomic E-state index is 14.0. The molecular weight excluding hydrogens is 425 g/mol. The Balaban J connectivity index is 1.60. The van der Waals surface area contributed by atoms with E-state index in [4.69, 9.17) is 16.3 Å². The first-order valence-corrected chi connectivity index (χ1v) is 11.5. The molecule has 0 radical (unpaired) electrons. The van der Waals surface area contributed by atoms with Gasteiger partial charge in [0.05, 0.1) is 18.2 Å². The third kappa shape index (κ3) is 3.92. The number of aliphatic hydroxyl groups excluding tert-OH is 1. The molecule has 2 aliphatic rings. The summed E-state index contributed by atoms with van der Waals surface area (Å²) in [6.07, 6.45) is 1.06. The Kier molecular flexibility index (Phi) is 5.93. The van der Waals surface area contributed by atoms with Gasteiger partial charge in [0.2, 0.25) is 0 Å². The molecule has 2 saturated heterocycles. The molecule has 166 valence electrons. The summed E-state index contributed by atoms with van der Waals surface area (Å²) in [5.74, 6) is 0.677. The van der Waals surface area contributed by atoms with Gasteiger partial charge in [0.15, 0.2) is 0 Å². The van der Waals surface area contributed by atoms with Gasteiger partial charge in [-0.25, -0.2) is 4.39 Å². The average molecular weight is 452 g/mol. The fourth-order valence-electron chi connectivity index (χ4n) is 5.79. The minimum absolute atomic E-state index is 0.104. The molecule has 2 aliphatic heterocycles. The van der Waals surface area contributed by atoms with Gasteiger partial charge in [0, 0.05) is 30.5 Å². The minimum atomic E-state index is -0.404. The van der Waals surface area contributed by atoms with Gasteiger partial charge < -0.3 is 9.84 Å². The van der Waals surface area contributed by atoms with Crippen LogP contribution in [0.3, 0.4) is 0 Å². The van der Waals surface area contributed by atoms with Gasteiger partial charge in [-0.15, -0.1) is 0 Å². The molecule has 0 spiro atoms. The molecule has 0 aliphatic carbocycles. The lowest BCUT2D eigenvalue weighted by Gasteiger charge is -2.38. The summed E-state index contributed by atoms with van der Waals surface area (Å²) < 4.78 is 19.4. The summed E-state index contributed by atoms with van der Waals surface area (Å²) >= 11 is 6.21. The highest BCUT2D eigenvalue weighted by Gasteiger charge is 2.53. The topological polar surface area (TPSA) is 32.7 Å². The Morgan fingerprint density at radius 3 is 2.19 bits per heavy atom. The first-order valence-electron chi connectivity index (χ1n) is 11.1. The zero-order valence-electron chi connectivity index (χ0n) is 18.0. The lowest BCUT2D eigenvalue weighted by atomic mass is 9.78. The van der Waals surface area contributed by atoms with Gasteiger partial charge in [0.25, 0.3) is 0 Å². The van der Waals surface area contributed by atoms with E-state index < -0.39 is 5.82 Å². The second-order valence-corrected chi connectivity index (χ2v) is 9.32. The summed E-state index contributed by atoms with van der Waals surface area (Å²) in [6.45, 7) is 0.820. The van der Waals surface area contributed by atoms with E-state index >= 15 is 0 Å². The van der Waals surface area contributed by atoms with Gasteiger partial charge in [-0.1, -0.05) is 60.1 Å². The molecule has 5 heteroatoms. The van der Waals surface area contributed by atoms with E-state index in [0.717, 1.165) is 17.9 Å². The number of aliphatic hydroxyl groups is 1. The molecule has 1 N–H and O–H groups in total. The lowest BCUT2D eigenvalue weighted by molar-refractivity contribution is 0.0269. The second kappa shape index (κ2) is 8.86. The van der Waals surface area contributed by atoms with Crippen LogP contribution in [0.15, 0.2) is 72.8 Å². The Labute approximate surface area is 193 Å². The van der Waals surface area contributed by atoms with Crippen molar-refractivity contribution in [1.29, 1.82) is 0 Å². The first-order chi connectivity index (χ1) is 15.5. The third-order valence-electron chi connectivity index (χ3n) is 7.13. The van der Waals surface area contributed by atoms with Crippen LogP contribution >= 0.6 is 11.6 Å². The van der Waals surface area contributed by atoms with E-state index in [0.29, 0.717) is 12.8 Å². The van der Waals surface area contributed by atoms with Crippen LogP contribution in [0.4, 0.5) is 4.39 Å². The summed E-state index contributed by atoms with van der Waals surface area (Å²) in [7, 11) is 1.67. The zero-order chi connectivity index (χ0) is 22.2. The van der Waals surface area contributed by atoms with Crippen LogP contribution in [0.2, 0.25) is 5.02 Å². The van der Waals surface area contributed by atoms with Crippen LogP contribution in [0.25, 0.3) is 0 Å². The van der Waals surface area contributed by atoms with E-state index in [-0.39, 0.29) is 35.0 Å². The van der Waals surface area contributed by atoms with Crippen LogP contribution in [-0.2, 0) is 6.54 Å². The summed E-state index contributed by atoms with van der Waals surface area (Å²) in [5, 5.41) is 10.9. The Morgan fingerprint density at radius 1 is 0.938 bits per heavy atom. The van der Waals surface area contributed by atoms with Crippen molar-refractivity contribution in [2.45, 2.75) is 49.4 Å². The minimum Gasteiger partial charge on any atom is -0.497 e.